The summed E-state index contributed by atoms with van der Waals surface area (Å²) in [5.74, 6) is -0.164. The average Bonchev–Trinajstić information content (AvgIpc) is 2.83. The second kappa shape index (κ2) is 15.9. The summed E-state index contributed by atoms with van der Waals surface area (Å²) in [4.78, 5) is 43.0. The lowest BCUT2D eigenvalue weighted by molar-refractivity contribution is -0.146. The molecular weight excluding hydrogens is 490 g/mol. The number of hydrogen-bond acceptors (Lipinski definition) is 4. The van der Waals surface area contributed by atoms with Crippen LogP contribution in [0.3, 0.4) is 0 Å². The molecule has 1 rings (SSSR count). The van der Waals surface area contributed by atoms with E-state index in [-0.39, 0.29) is 23.8 Å². The van der Waals surface area contributed by atoms with Crippen molar-refractivity contribution in [1.82, 2.24) is 15.5 Å². The van der Waals surface area contributed by atoms with Gasteiger partial charge in [-0.15, -0.1) is 0 Å². The van der Waals surface area contributed by atoms with E-state index in [9.17, 15) is 14.4 Å². The minimum atomic E-state index is -0.831. The lowest BCUT2D eigenvalue weighted by Gasteiger charge is -2.40. The summed E-state index contributed by atoms with van der Waals surface area (Å²) in [6.07, 6.45) is 3.52. The van der Waals surface area contributed by atoms with E-state index in [0.29, 0.717) is 18.9 Å². The first-order valence-electron chi connectivity index (χ1n) is 14.8. The lowest BCUT2D eigenvalue weighted by atomic mass is 9.91. The summed E-state index contributed by atoms with van der Waals surface area (Å²) < 4.78 is 5.52. The van der Waals surface area contributed by atoms with Crippen LogP contribution in [0.1, 0.15) is 117 Å². The third-order valence-corrected chi connectivity index (χ3v) is 7.12. The number of aryl methyl sites for hydroxylation is 2. The van der Waals surface area contributed by atoms with Crippen molar-refractivity contribution in [2.24, 2.45) is 11.8 Å². The van der Waals surface area contributed by atoms with Crippen molar-refractivity contribution in [2.75, 3.05) is 6.54 Å². The Bertz CT molecular complexity index is 938. The minimum absolute atomic E-state index is 0.160. The molecular formula is C32H55N3O4. The normalized spacial score (nSPS) is 14.8. The van der Waals surface area contributed by atoms with Gasteiger partial charge in [0.15, 0.2) is 0 Å². The monoisotopic (exact) mass is 545 g/mol. The van der Waals surface area contributed by atoms with Crippen LogP contribution in [0.4, 0.5) is 4.79 Å². The van der Waals surface area contributed by atoms with E-state index in [1.54, 1.807) is 25.7 Å². The van der Waals surface area contributed by atoms with Gasteiger partial charge in [-0.1, -0.05) is 71.2 Å². The quantitative estimate of drug-likeness (QED) is 0.250. The fraction of sp³-hybridized carbons (Fsp3) is 0.719. The van der Waals surface area contributed by atoms with Crippen LogP contribution in [0.5, 0.6) is 0 Å². The van der Waals surface area contributed by atoms with E-state index in [2.05, 4.69) is 31.4 Å². The predicted molar refractivity (Wildman–Crippen MR) is 160 cm³/mol. The zero-order valence-electron chi connectivity index (χ0n) is 26.4. The molecule has 4 unspecified atom stereocenters. The van der Waals surface area contributed by atoms with E-state index in [1.165, 1.54) is 0 Å². The van der Waals surface area contributed by atoms with E-state index in [1.807, 2.05) is 52.8 Å². The molecule has 4 atom stereocenters. The molecule has 39 heavy (non-hydrogen) atoms. The molecule has 0 spiro atoms. The third-order valence-electron chi connectivity index (χ3n) is 7.12. The van der Waals surface area contributed by atoms with Crippen molar-refractivity contribution in [3.8, 4) is 0 Å². The second-order valence-electron chi connectivity index (χ2n) is 12.5. The van der Waals surface area contributed by atoms with Crippen LogP contribution in [-0.2, 0) is 14.3 Å². The van der Waals surface area contributed by atoms with Crippen molar-refractivity contribution in [3.63, 3.8) is 0 Å². The second-order valence-corrected chi connectivity index (χ2v) is 12.5. The van der Waals surface area contributed by atoms with Crippen LogP contribution >= 0.6 is 0 Å². The van der Waals surface area contributed by atoms with E-state index < -0.39 is 23.8 Å². The minimum Gasteiger partial charge on any atom is -0.444 e. The number of carbonyl (C=O) groups is 3. The Morgan fingerprint density at radius 1 is 1.00 bits per heavy atom. The SMILES string of the molecule is CCCCNC(=O)C(c1ccc(C)cc1C)N(C(=O)C(NC(=O)OC(C)(C)C)C(C)CC)C(C)CCC(C)C. The highest BCUT2D eigenvalue weighted by Gasteiger charge is 2.40. The molecule has 0 heterocycles. The highest BCUT2D eigenvalue weighted by molar-refractivity contribution is 5.92. The van der Waals surface area contributed by atoms with Crippen LogP contribution in [0, 0.1) is 25.7 Å². The van der Waals surface area contributed by atoms with Crippen LogP contribution < -0.4 is 10.6 Å². The topological polar surface area (TPSA) is 87.7 Å². The highest BCUT2D eigenvalue weighted by Crippen LogP contribution is 2.31. The fourth-order valence-electron chi connectivity index (χ4n) is 4.63. The van der Waals surface area contributed by atoms with Gasteiger partial charge in [0.25, 0.3) is 0 Å². The predicted octanol–water partition coefficient (Wildman–Crippen LogP) is 6.85. The van der Waals surface area contributed by atoms with Gasteiger partial charge >= 0.3 is 6.09 Å². The molecule has 0 saturated carbocycles. The van der Waals surface area contributed by atoms with E-state index in [0.717, 1.165) is 42.4 Å². The van der Waals surface area contributed by atoms with Crippen LogP contribution in [-0.4, -0.2) is 47.0 Å². The first-order chi connectivity index (χ1) is 18.1. The molecule has 1 aromatic carbocycles. The number of nitrogens with one attached hydrogen (secondary N) is 2. The molecule has 0 aromatic heterocycles. The molecule has 3 amide bonds. The van der Waals surface area contributed by atoms with Gasteiger partial charge in [0.2, 0.25) is 11.8 Å². The van der Waals surface area contributed by atoms with Gasteiger partial charge < -0.3 is 20.3 Å². The molecule has 0 aliphatic heterocycles. The number of unbranched alkanes of at least 4 members (excludes halogenated alkanes) is 1. The van der Waals surface area contributed by atoms with Gasteiger partial charge in [0, 0.05) is 12.6 Å². The van der Waals surface area contributed by atoms with Gasteiger partial charge in [-0.2, -0.15) is 0 Å². The summed E-state index contributed by atoms with van der Waals surface area (Å²) in [6.45, 7) is 22.3. The molecule has 2 N–H and O–H groups in total. The number of nitrogens with zero attached hydrogens (tertiary/aromatic N) is 1. The smallest absolute Gasteiger partial charge is 0.408 e. The standard InChI is InChI=1S/C32H55N3O4/c1-12-14-19-33-29(36)28(26-18-16-22(5)20-24(26)7)35(25(8)17-15-21(3)4)30(37)27(23(6)13-2)34-31(38)39-32(9,10)11/h16,18,20-21,23,25,27-28H,12-15,17,19H2,1-11H3,(H,33,36)(H,34,38). The largest absolute Gasteiger partial charge is 0.444 e. The highest BCUT2D eigenvalue weighted by atomic mass is 16.6. The lowest BCUT2D eigenvalue weighted by Crippen LogP contribution is -2.57. The Hall–Kier alpha value is -2.57. The average molecular weight is 546 g/mol. The third kappa shape index (κ3) is 11.2. The molecule has 222 valence electrons. The van der Waals surface area contributed by atoms with Crippen molar-refractivity contribution >= 4 is 17.9 Å². The van der Waals surface area contributed by atoms with Crippen LogP contribution in [0.15, 0.2) is 18.2 Å². The number of amides is 3. The Morgan fingerprint density at radius 3 is 2.15 bits per heavy atom. The van der Waals surface area contributed by atoms with Crippen molar-refractivity contribution in [3.05, 3.63) is 34.9 Å². The molecule has 1 aromatic rings. The Kier molecular flexibility index (Phi) is 14.0. The van der Waals surface area contributed by atoms with Crippen molar-refractivity contribution in [1.29, 1.82) is 0 Å². The molecule has 0 bridgehead atoms. The number of hydrogen-bond donors (Lipinski definition) is 2. The van der Waals surface area contributed by atoms with E-state index in [4.69, 9.17) is 4.74 Å². The molecule has 7 nitrogen and oxygen atoms in total. The van der Waals surface area contributed by atoms with Crippen molar-refractivity contribution < 1.29 is 19.1 Å². The van der Waals surface area contributed by atoms with Crippen molar-refractivity contribution in [2.45, 2.75) is 132 Å². The number of alkyl carbamates (subject to hydrolysis) is 1. The maximum Gasteiger partial charge on any atom is 0.408 e. The first-order valence-corrected chi connectivity index (χ1v) is 14.8. The van der Waals surface area contributed by atoms with Crippen LogP contribution in [0.25, 0.3) is 0 Å². The number of benzene rings is 1. The summed E-state index contributed by atoms with van der Waals surface area (Å²) in [7, 11) is 0. The number of carbonyl (C=O) groups excluding carboxylic acids is 3. The summed E-state index contributed by atoms with van der Waals surface area (Å²) in [5, 5.41) is 5.95. The zero-order chi connectivity index (χ0) is 29.9. The molecule has 0 radical (unpaired) electrons. The fourth-order valence-corrected chi connectivity index (χ4v) is 4.63. The van der Waals surface area contributed by atoms with E-state index >= 15 is 0 Å². The summed E-state index contributed by atoms with van der Waals surface area (Å²) in [5.41, 5.74) is 2.16. The maximum atomic E-state index is 14.5. The number of rotatable bonds is 14. The maximum absolute atomic E-state index is 14.5. The van der Waals surface area contributed by atoms with Gasteiger partial charge in [-0.3, -0.25) is 9.59 Å². The Labute approximate surface area is 237 Å². The zero-order valence-corrected chi connectivity index (χ0v) is 26.4. The van der Waals surface area contributed by atoms with Crippen LogP contribution in [0.2, 0.25) is 0 Å². The van der Waals surface area contributed by atoms with Gasteiger partial charge in [0.05, 0.1) is 0 Å². The molecule has 0 fully saturated rings. The number of ether oxygens (including phenoxy) is 1. The van der Waals surface area contributed by atoms with Gasteiger partial charge in [-0.05, 0) is 83.8 Å². The van der Waals surface area contributed by atoms with Gasteiger partial charge in [0.1, 0.15) is 17.7 Å². The summed E-state index contributed by atoms with van der Waals surface area (Å²) in [6, 6.07) is 4.13. The summed E-state index contributed by atoms with van der Waals surface area (Å²) >= 11 is 0. The Morgan fingerprint density at radius 2 is 1.64 bits per heavy atom. The van der Waals surface area contributed by atoms with Gasteiger partial charge in [-0.25, -0.2) is 4.79 Å². The first kappa shape index (κ1) is 34.5. The molecule has 0 aliphatic carbocycles. The molecule has 7 heteroatoms. The molecule has 0 aliphatic rings. The molecule has 0 saturated heterocycles. The Balaban J connectivity index is 3.68.